The summed E-state index contributed by atoms with van der Waals surface area (Å²) >= 11 is 0. The molecule has 0 saturated carbocycles. The van der Waals surface area contributed by atoms with Crippen molar-refractivity contribution in [1.29, 1.82) is 0 Å². The molecule has 11 heavy (non-hydrogen) atoms. The van der Waals surface area contributed by atoms with Gasteiger partial charge in [0.2, 0.25) is 0 Å². The Morgan fingerprint density at radius 3 is 2.27 bits per heavy atom. The first kappa shape index (κ1) is 11.3. The first-order valence-electron chi connectivity index (χ1n) is 3.91. The van der Waals surface area contributed by atoms with Crippen LogP contribution < -0.4 is 5.32 Å². The van der Waals surface area contributed by atoms with Crippen molar-refractivity contribution in [2.45, 2.75) is 13.3 Å². The van der Waals surface area contributed by atoms with Crippen molar-refractivity contribution in [3.63, 3.8) is 0 Å². The Kier molecular flexibility index (Phi) is 8.64. The second-order valence-electron chi connectivity index (χ2n) is 2.17. The predicted octanol–water partition coefficient (Wildman–Crippen LogP) is 1.59. The van der Waals surface area contributed by atoms with Gasteiger partial charge >= 0.3 is 0 Å². The van der Waals surface area contributed by atoms with Gasteiger partial charge in [0, 0.05) is 26.9 Å². The fraction of sp³-hybridized carbons (Fsp3) is 1.00. The van der Waals surface area contributed by atoms with Gasteiger partial charge in [-0.25, -0.2) is 0 Å². The highest BCUT2D eigenvalue weighted by molar-refractivity contribution is 7.47. The van der Waals surface area contributed by atoms with Crippen molar-refractivity contribution in [2.24, 2.45) is 0 Å². The van der Waals surface area contributed by atoms with Crippen molar-refractivity contribution in [3.05, 3.63) is 0 Å². The van der Waals surface area contributed by atoms with E-state index in [1.165, 1.54) is 6.42 Å². The lowest BCUT2D eigenvalue weighted by Gasteiger charge is -2.11. The van der Waals surface area contributed by atoms with Crippen molar-refractivity contribution in [2.75, 3.05) is 33.5 Å². The number of hydrogen-bond donors (Lipinski definition) is 1. The van der Waals surface area contributed by atoms with E-state index in [0.717, 1.165) is 19.3 Å². The third-order valence-electron chi connectivity index (χ3n) is 1.31. The van der Waals surface area contributed by atoms with Gasteiger partial charge in [0.15, 0.2) is 8.38 Å². The summed E-state index contributed by atoms with van der Waals surface area (Å²) in [6, 6.07) is 0. The van der Waals surface area contributed by atoms with Crippen LogP contribution in [0.5, 0.6) is 0 Å². The Morgan fingerprint density at radius 2 is 1.82 bits per heavy atom. The highest BCUT2D eigenvalue weighted by Crippen LogP contribution is 2.34. The van der Waals surface area contributed by atoms with Gasteiger partial charge in [0.05, 0.1) is 0 Å². The molecule has 0 unspecified atom stereocenters. The Hall–Kier alpha value is 0.310. The van der Waals surface area contributed by atoms with Crippen LogP contribution in [0.2, 0.25) is 0 Å². The molecule has 0 radical (unpaired) electrons. The molecular formula is C7H18NO2P. The van der Waals surface area contributed by atoms with Crippen LogP contribution in [-0.4, -0.2) is 33.5 Å². The highest BCUT2D eigenvalue weighted by atomic mass is 31.2. The lowest BCUT2D eigenvalue weighted by atomic mass is 10.5. The van der Waals surface area contributed by atoms with E-state index >= 15 is 0 Å². The average Bonchev–Trinajstić information content (AvgIpc) is 2.05. The third kappa shape index (κ3) is 6.70. The molecule has 3 nitrogen and oxygen atoms in total. The Balaban J connectivity index is 3.07. The zero-order valence-corrected chi connectivity index (χ0v) is 8.49. The minimum atomic E-state index is -0.635. The first-order chi connectivity index (χ1) is 5.35. The van der Waals surface area contributed by atoms with Crippen molar-refractivity contribution < 1.29 is 9.05 Å². The SMILES string of the molecule is CCCNCCP(OC)OC. The number of nitrogens with one attached hydrogen (secondary N) is 1. The summed E-state index contributed by atoms with van der Waals surface area (Å²) in [5.41, 5.74) is 0. The molecule has 0 atom stereocenters. The molecular weight excluding hydrogens is 161 g/mol. The van der Waals surface area contributed by atoms with E-state index in [1.807, 2.05) is 0 Å². The summed E-state index contributed by atoms with van der Waals surface area (Å²) in [6.07, 6.45) is 2.15. The molecule has 1 N–H and O–H groups in total. The highest BCUT2D eigenvalue weighted by Gasteiger charge is 2.03. The topological polar surface area (TPSA) is 30.5 Å². The molecule has 0 aliphatic heterocycles. The lowest BCUT2D eigenvalue weighted by molar-refractivity contribution is 0.340. The molecule has 0 aliphatic carbocycles. The van der Waals surface area contributed by atoms with Crippen LogP contribution in [0.3, 0.4) is 0 Å². The molecule has 0 aromatic carbocycles. The standard InChI is InChI=1S/C7H18NO2P/c1-4-5-8-6-7-11(9-2)10-3/h8H,4-7H2,1-3H3. The van der Waals surface area contributed by atoms with E-state index in [0.29, 0.717) is 0 Å². The van der Waals surface area contributed by atoms with Gasteiger partial charge in [0.25, 0.3) is 0 Å². The van der Waals surface area contributed by atoms with Crippen LogP contribution in [0, 0.1) is 0 Å². The van der Waals surface area contributed by atoms with Crippen LogP contribution in [0.25, 0.3) is 0 Å². The Morgan fingerprint density at radius 1 is 1.18 bits per heavy atom. The summed E-state index contributed by atoms with van der Waals surface area (Å²) < 4.78 is 10.2. The van der Waals surface area contributed by atoms with E-state index < -0.39 is 8.38 Å². The largest absolute Gasteiger partial charge is 0.337 e. The smallest absolute Gasteiger partial charge is 0.171 e. The summed E-state index contributed by atoms with van der Waals surface area (Å²) in [5.74, 6) is 0. The number of hydrogen-bond acceptors (Lipinski definition) is 3. The average molecular weight is 179 g/mol. The normalized spacial score (nSPS) is 10.9. The van der Waals surface area contributed by atoms with E-state index in [-0.39, 0.29) is 0 Å². The summed E-state index contributed by atoms with van der Waals surface area (Å²) in [6.45, 7) is 4.22. The summed E-state index contributed by atoms with van der Waals surface area (Å²) in [4.78, 5) is 0. The van der Waals surface area contributed by atoms with Gasteiger partial charge in [-0.15, -0.1) is 0 Å². The third-order valence-corrected chi connectivity index (χ3v) is 2.71. The maximum absolute atomic E-state index is 5.08. The number of rotatable bonds is 7. The minimum absolute atomic E-state index is 0.635. The fourth-order valence-corrected chi connectivity index (χ4v) is 1.58. The molecule has 0 bridgehead atoms. The molecule has 0 spiro atoms. The molecule has 0 heterocycles. The minimum Gasteiger partial charge on any atom is -0.337 e. The maximum Gasteiger partial charge on any atom is 0.171 e. The lowest BCUT2D eigenvalue weighted by Crippen LogP contribution is -2.18. The quantitative estimate of drug-likeness (QED) is 0.475. The van der Waals surface area contributed by atoms with Gasteiger partial charge in [-0.3, -0.25) is 0 Å². The molecule has 0 aromatic heterocycles. The van der Waals surface area contributed by atoms with E-state index in [9.17, 15) is 0 Å². The molecule has 0 saturated heterocycles. The van der Waals surface area contributed by atoms with E-state index in [1.54, 1.807) is 14.2 Å². The molecule has 0 fully saturated rings. The van der Waals surface area contributed by atoms with Crippen LogP contribution in [0.15, 0.2) is 0 Å². The molecule has 0 aliphatic rings. The Labute approximate surface area is 70.4 Å². The van der Waals surface area contributed by atoms with Crippen molar-refractivity contribution in [3.8, 4) is 0 Å². The molecule has 0 aromatic rings. The van der Waals surface area contributed by atoms with E-state index in [2.05, 4.69) is 12.2 Å². The predicted molar refractivity (Wildman–Crippen MR) is 49.0 cm³/mol. The van der Waals surface area contributed by atoms with Gasteiger partial charge in [-0.2, -0.15) is 0 Å². The second-order valence-corrected chi connectivity index (χ2v) is 4.01. The van der Waals surface area contributed by atoms with Gasteiger partial charge in [0.1, 0.15) is 0 Å². The van der Waals surface area contributed by atoms with Crippen molar-refractivity contribution in [1.82, 2.24) is 5.32 Å². The molecule has 4 heteroatoms. The maximum atomic E-state index is 5.08. The summed E-state index contributed by atoms with van der Waals surface area (Å²) in [5, 5.41) is 3.29. The van der Waals surface area contributed by atoms with Crippen LogP contribution in [-0.2, 0) is 9.05 Å². The summed E-state index contributed by atoms with van der Waals surface area (Å²) in [7, 11) is 2.74. The van der Waals surface area contributed by atoms with Gasteiger partial charge in [-0.1, -0.05) is 6.92 Å². The first-order valence-corrected chi connectivity index (χ1v) is 5.27. The van der Waals surface area contributed by atoms with E-state index in [4.69, 9.17) is 9.05 Å². The van der Waals surface area contributed by atoms with Crippen molar-refractivity contribution >= 4 is 8.38 Å². The fourth-order valence-electron chi connectivity index (χ4n) is 0.729. The van der Waals surface area contributed by atoms with Gasteiger partial charge in [-0.05, 0) is 13.0 Å². The van der Waals surface area contributed by atoms with Crippen LogP contribution in [0.4, 0.5) is 0 Å². The zero-order chi connectivity index (χ0) is 8.53. The second kappa shape index (κ2) is 8.41. The van der Waals surface area contributed by atoms with Crippen LogP contribution in [0.1, 0.15) is 13.3 Å². The monoisotopic (exact) mass is 179 g/mol. The molecule has 0 rings (SSSR count). The van der Waals surface area contributed by atoms with Crippen LogP contribution >= 0.6 is 8.38 Å². The molecule has 68 valence electrons. The zero-order valence-electron chi connectivity index (χ0n) is 7.59. The molecule has 0 amide bonds. The Bertz CT molecular complexity index is 78.8. The van der Waals surface area contributed by atoms with Gasteiger partial charge < -0.3 is 14.4 Å².